The molecule has 1 aromatic carbocycles. The fourth-order valence-corrected chi connectivity index (χ4v) is 2.40. The van der Waals surface area contributed by atoms with Crippen molar-refractivity contribution in [1.29, 1.82) is 0 Å². The molecule has 0 saturated heterocycles. The van der Waals surface area contributed by atoms with Crippen molar-refractivity contribution in [3.05, 3.63) is 57.9 Å². The molecule has 1 aromatic heterocycles. The Balaban J connectivity index is 2.00. The van der Waals surface area contributed by atoms with Crippen molar-refractivity contribution in [2.75, 3.05) is 5.73 Å². The summed E-state index contributed by atoms with van der Waals surface area (Å²) in [6, 6.07) is 8.65. The lowest BCUT2D eigenvalue weighted by molar-refractivity contribution is -0.131. The number of rotatable bonds is 5. The number of hydrogen-bond donors (Lipinski definition) is 3. The van der Waals surface area contributed by atoms with Crippen molar-refractivity contribution in [2.24, 2.45) is 0 Å². The number of anilines is 1. The first-order valence-electron chi connectivity index (χ1n) is 6.02. The number of aromatic amines is 1. The summed E-state index contributed by atoms with van der Waals surface area (Å²) in [5, 5.41) is 9.02. The van der Waals surface area contributed by atoms with Gasteiger partial charge >= 0.3 is 5.97 Å². The number of nitrogens with one attached hydrogen (secondary N) is 1. The van der Waals surface area contributed by atoms with Crippen LogP contribution in [-0.2, 0) is 10.5 Å². The summed E-state index contributed by atoms with van der Waals surface area (Å²) >= 11 is 1.37. The van der Waals surface area contributed by atoms with Gasteiger partial charge in [0.15, 0.2) is 5.16 Å². The summed E-state index contributed by atoms with van der Waals surface area (Å²) in [6.07, 6.45) is 2.61. The number of nitrogen functional groups attached to an aromatic ring is 1. The lowest BCUT2D eigenvalue weighted by atomic mass is 10.1. The van der Waals surface area contributed by atoms with Crippen LogP contribution in [0.5, 0.6) is 0 Å². The third-order valence-corrected chi connectivity index (χ3v) is 3.46. The molecular weight excluding hydrogens is 290 g/mol. The molecule has 0 aliphatic heterocycles. The minimum Gasteiger partial charge on any atom is -0.478 e. The summed E-state index contributed by atoms with van der Waals surface area (Å²) in [4.78, 5) is 28.3. The topological polar surface area (TPSA) is 109 Å². The van der Waals surface area contributed by atoms with Crippen LogP contribution in [0.1, 0.15) is 11.1 Å². The van der Waals surface area contributed by atoms with E-state index in [2.05, 4.69) is 9.97 Å². The first kappa shape index (κ1) is 14.9. The maximum absolute atomic E-state index is 11.2. The fourth-order valence-electron chi connectivity index (χ4n) is 1.57. The Morgan fingerprint density at radius 1 is 1.38 bits per heavy atom. The van der Waals surface area contributed by atoms with Crippen molar-refractivity contribution in [2.45, 2.75) is 10.9 Å². The number of aromatic nitrogens is 2. The lowest BCUT2D eigenvalue weighted by Gasteiger charge is -2.02. The molecule has 1 heterocycles. The molecule has 7 heteroatoms. The van der Waals surface area contributed by atoms with Gasteiger partial charge in [-0.25, -0.2) is 9.78 Å². The molecule has 0 saturated carbocycles. The number of nitrogens with two attached hydrogens (primary N) is 1. The zero-order chi connectivity index (χ0) is 15.2. The Labute approximate surface area is 124 Å². The molecule has 0 unspecified atom stereocenters. The van der Waals surface area contributed by atoms with Crippen LogP contribution in [0.4, 0.5) is 5.82 Å². The maximum atomic E-state index is 11.2. The van der Waals surface area contributed by atoms with E-state index in [0.717, 1.165) is 17.2 Å². The highest BCUT2D eigenvalue weighted by atomic mass is 32.2. The highest BCUT2D eigenvalue weighted by molar-refractivity contribution is 7.98. The third-order valence-electron chi connectivity index (χ3n) is 2.51. The minimum atomic E-state index is -0.980. The molecule has 6 nitrogen and oxygen atoms in total. The number of aliphatic carboxylic acids is 1. The molecule has 0 aliphatic rings. The van der Waals surface area contributed by atoms with Gasteiger partial charge in [-0.2, -0.15) is 0 Å². The van der Waals surface area contributed by atoms with E-state index < -0.39 is 5.97 Å². The highest BCUT2D eigenvalue weighted by Gasteiger charge is 2.01. The van der Waals surface area contributed by atoms with Crippen LogP contribution >= 0.6 is 11.8 Å². The Kier molecular flexibility index (Phi) is 4.78. The van der Waals surface area contributed by atoms with Gasteiger partial charge in [-0.15, -0.1) is 0 Å². The number of carboxylic acid groups (broad SMARTS) is 1. The molecule has 2 aromatic rings. The van der Waals surface area contributed by atoms with E-state index in [1.165, 1.54) is 23.9 Å². The number of thioether (sulfide) groups is 1. The van der Waals surface area contributed by atoms with Crippen molar-refractivity contribution in [3.8, 4) is 0 Å². The molecule has 2 rings (SSSR count). The second kappa shape index (κ2) is 6.76. The van der Waals surface area contributed by atoms with Crippen LogP contribution in [0.2, 0.25) is 0 Å². The third kappa shape index (κ3) is 4.81. The number of hydrogen-bond acceptors (Lipinski definition) is 5. The van der Waals surface area contributed by atoms with E-state index in [-0.39, 0.29) is 11.4 Å². The average molecular weight is 303 g/mol. The Bertz CT molecular complexity index is 723. The van der Waals surface area contributed by atoms with Crippen LogP contribution < -0.4 is 11.3 Å². The lowest BCUT2D eigenvalue weighted by Crippen LogP contribution is -2.09. The van der Waals surface area contributed by atoms with E-state index in [4.69, 9.17) is 10.8 Å². The van der Waals surface area contributed by atoms with E-state index >= 15 is 0 Å². The summed E-state index contributed by atoms with van der Waals surface area (Å²) in [6.45, 7) is 0. The molecule has 21 heavy (non-hydrogen) atoms. The summed E-state index contributed by atoms with van der Waals surface area (Å²) < 4.78 is 0. The predicted molar refractivity (Wildman–Crippen MR) is 81.9 cm³/mol. The molecule has 0 fully saturated rings. The van der Waals surface area contributed by atoms with Gasteiger partial charge in [-0.3, -0.25) is 4.79 Å². The summed E-state index contributed by atoms with van der Waals surface area (Å²) in [7, 11) is 0. The van der Waals surface area contributed by atoms with Crippen molar-refractivity contribution in [1.82, 2.24) is 9.97 Å². The number of benzene rings is 1. The van der Waals surface area contributed by atoms with Crippen LogP contribution in [0, 0.1) is 0 Å². The molecule has 108 valence electrons. The van der Waals surface area contributed by atoms with E-state index in [1.807, 2.05) is 24.3 Å². The van der Waals surface area contributed by atoms with Gasteiger partial charge in [-0.1, -0.05) is 36.0 Å². The Hall–Kier alpha value is -2.54. The molecule has 0 bridgehead atoms. The standard InChI is InChI=1S/C14H13N3O3S/c15-11-7-12(18)17-14(16-11)21-8-10-3-1-9(2-4-10)5-6-13(19)20/h1-7H,8H2,(H,19,20)(H3,15,16,17,18). The SMILES string of the molecule is Nc1cc(=O)[nH]c(SCc2ccc(C=CC(=O)O)cc2)n1. The molecule has 0 amide bonds. The van der Waals surface area contributed by atoms with Gasteiger partial charge in [0.2, 0.25) is 0 Å². The smallest absolute Gasteiger partial charge is 0.328 e. The fraction of sp³-hybridized carbons (Fsp3) is 0.0714. The second-order valence-electron chi connectivity index (χ2n) is 4.18. The predicted octanol–water partition coefficient (Wildman–Crippen LogP) is 1.74. The number of H-pyrrole nitrogens is 1. The quantitative estimate of drug-likeness (QED) is 0.441. The monoisotopic (exact) mass is 303 g/mol. The first-order chi connectivity index (χ1) is 10.0. The van der Waals surface area contributed by atoms with Crippen LogP contribution in [0.15, 0.2) is 46.4 Å². The Morgan fingerprint density at radius 3 is 2.71 bits per heavy atom. The first-order valence-corrected chi connectivity index (χ1v) is 7.01. The van der Waals surface area contributed by atoms with E-state index in [0.29, 0.717) is 10.9 Å². The molecule has 0 spiro atoms. The van der Waals surface area contributed by atoms with Gasteiger partial charge in [-0.05, 0) is 17.2 Å². The maximum Gasteiger partial charge on any atom is 0.328 e. The van der Waals surface area contributed by atoms with Crippen LogP contribution in [0.3, 0.4) is 0 Å². The second-order valence-corrected chi connectivity index (χ2v) is 5.14. The van der Waals surface area contributed by atoms with Gasteiger partial charge in [0, 0.05) is 17.9 Å². The molecule has 4 N–H and O–H groups in total. The van der Waals surface area contributed by atoms with Gasteiger partial charge in [0.25, 0.3) is 5.56 Å². The molecular formula is C14H13N3O3S. The number of carbonyl (C=O) groups is 1. The minimum absolute atomic E-state index is 0.190. The Morgan fingerprint density at radius 2 is 2.10 bits per heavy atom. The van der Waals surface area contributed by atoms with Gasteiger partial charge in [0.1, 0.15) is 5.82 Å². The van der Waals surface area contributed by atoms with E-state index in [1.54, 1.807) is 0 Å². The number of nitrogens with zero attached hydrogens (tertiary/aromatic N) is 1. The molecule has 0 radical (unpaired) electrons. The van der Waals surface area contributed by atoms with Crippen molar-refractivity contribution < 1.29 is 9.90 Å². The zero-order valence-corrected chi connectivity index (χ0v) is 11.8. The zero-order valence-electron chi connectivity index (χ0n) is 10.9. The van der Waals surface area contributed by atoms with Crippen LogP contribution in [-0.4, -0.2) is 21.0 Å². The van der Waals surface area contributed by atoms with E-state index in [9.17, 15) is 9.59 Å². The molecule has 0 aliphatic carbocycles. The van der Waals surface area contributed by atoms with Crippen molar-refractivity contribution >= 4 is 29.6 Å². The van der Waals surface area contributed by atoms with Gasteiger partial charge in [0.05, 0.1) is 0 Å². The largest absolute Gasteiger partial charge is 0.478 e. The number of carboxylic acids is 1. The van der Waals surface area contributed by atoms with Crippen molar-refractivity contribution in [3.63, 3.8) is 0 Å². The normalized spacial score (nSPS) is 10.9. The van der Waals surface area contributed by atoms with Gasteiger partial charge < -0.3 is 15.8 Å². The summed E-state index contributed by atoms with van der Waals surface area (Å²) in [5.74, 6) is -0.170. The summed E-state index contributed by atoms with van der Waals surface area (Å²) in [5.41, 5.74) is 7.06. The highest BCUT2D eigenvalue weighted by Crippen LogP contribution is 2.19. The average Bonchev–Trinajstić information content (AvgIpc) is 2.43. The molecule has 0 atom stereocenters. The van der Waals surface area contributed by atoms with Crippen LogP contribution in [0.25, 0.3) is 6.08 Å².